The van der Waals surface area contributed by atoms with Crippen LogP contribution in [-0.2, 0) is 17.8 Å². The molecule has 0 atom stereocenters. The number of hydrogen-bond donors (Lipinski definition) is 1. The fraction of sp³-hybridized carbons (Fsp3) is 0.231. The molecule has 0 spiro atoms. The average Bonchev–Trinajstić information content (AvgIpc) is 2.89. The van der Waals surface area contributed by atoms with Crippen molar-refractivity contribution in [2.75, 3.05) is 11.9 Å². The first-order valence-electron chi connectivity index (χ1n) is 6.25. The zero-order chi connectivity index (χ0) is 14.8. The molecular formula is C13H11N3O4S. The Morgan fingerprint density at radius 3 is 3.10 bits per heavy atom. The zero-order valence-corrected chi connectivity index (χ0v) is 11.7. The summed E-state index contributed by atoms with van der Waals surface area (Å²) in [4.78, 5) is 27.6. The number of amides is 1. The minimum absolute atomic E-state index is 0.116. The van der Waals surface area contributed by atoms with Gasteiger partial charge < -0.3 is 4.74 Å². The number of ether oxygens (including phenoxy) is 1. The molecule has 3 rings (SSSR count). The molecule has 108 valence electrons. The van der Waals surface area contributed by atoms with Gasteiger partial charge in [-0.15, -0.1) is 0 Å². The maximum atomic E-state index is 12.1. The molecule has 1 N–H and O–H groups in total. The maximum absolute atomic E-state index is 12.1. The third kappa shape index (κ3) is 2.91. The van der Waals surface area contributed by atoms with Crippen LogP contribution in [0.4, 0.5) is 10.8 Å². The van der Waals surface area contributed by atoms with Crippen molar-refractivity contribution in [3.05, 3.63) is 50.5 Å². The number of non-ortho nitro benzene ring substituents is 1. The lowest BCUT2D eigenvalue weighted by Gasteiger charge is -2.08. The smallest absolute Gasteiger partial charge is 0.270 e. The van der Waals surface area contributed by atoms with Crippen molar-refractivity contribution in [3.8, 4) is 0 Å². The van der Waals surface area contributed by atoms with Crippen LogP contribution in [0.3, 0.4) is 0 Å². The highest BCUT2D eigenvalue weighted by Gasteiger charge is 2.18. The fourth-order valence-corrected chi connectivity index (χ4v) is 2.95. The molecule has 2 aromatic rings. The van der Waals surface area contributed by atoms with Gasteiger partial charge in [0.1, 0.15) is 0 Å². The molecule has 1 aromatic carbocycles. The Balaban J connectivity index is 1.78. The lowest BCUT2D eigenvalue weighted by Crippen LogP contribution is -2.12. The van der Waals surface area contributed by atoms with Gasteiger partial charge in [0, 0.05) is 24.1 Å². The SMILES string of the molecule is O=C(Nc1nc2c(s1)COCC2)c1cccc([N+](=O)[O-])c1. The molecule has 1 aliphatic heterocycles. The van der Waals surface area contributed by atoms with Crippen LogP contribution < -0.4 is 5.32 Å². The van der Waals surface area contributed by atoms with Crippen LogP contribution in [0.15, 0.2) is 24.3 Å². The molecule has 7 nitrogen and oxygen atoms in total. The Bertz CT molecular complexity index is 690. The minimum atomic E-state index is -0.532. The van der Waals surface area contributed by atoms with Gasteiger partial charge in [-0.1, -0.05) is 17.4 Å². The Labute approximate surface area is 123 Å². The quantitative estimate of drug-likeness (QED) is 0.694. The van der Waals surface area contributed by atoms with Gasteiger partial charge in [-0.3, -0.25) is 20.2 Å². The van der Waals surface area contributed by atoms with E-state index in [-0.39, 0.29) is 11.3 Å². The second kappa shape index (κ2) is 5.58. The standard InChI is InChI=1S/C13H11N3O4S/c17-12(8-2-1-3-9(6-8)16(18)19)15-13-14-10-4-5-20-7-11(10)21-13/h1-3,6H,4-5,7H2,(H,14,15,17). The maximum Gasteiger partial charge on any atom is 0.270 e. The van der Waals surface area contributed by atoms with E-state index in [4.69, 9.17) is 4.74 Å². The summed E-state index contributed by atoms with van der Waals surface area (Å²) in [5.74, 6) is -0.411. The van der Waals surface area contributed by atoms with Gasteiger partial charge in [0.05, 0.1) is 28.7 Å². The average molecular weight is 305 g/mol. The Morgan fingerprint density at radius 2 is 2.33 bits per heavy atom. The molecule has 21 heavy (non-hydrogen) atoms. The molecule has 0 saturated heterocycles. The first kappa shape index (κ1) is 13.7. The number of nitrogens with one attached hydrogen (secondary N) is 1. The largest absolute Gasteiger partial charge is 0.375 e. The fourth-order valence-electron chi connectivity index (χ4n) is 2.01. The summed E-state index contributed by atoms with van der Waals surface area (Å²) in [5, 5.41) is 13.9. The molecule has 0 bridgehead atoms. The summed E-state index contributed by atoms with van der Waals surface area (Å²) in [7, 11) is 0. The number of carbonyl (C=O) groups excluding carboxylic acids is 1. The lowest BCUT2D eigenvalue weighted by molar-refractivity contribution is -0.384. The number of fused-ring (bicyclic) bond motifs is 1. The Hall–Kier alpha value is -2.32. The topological polar surface area (TPSA) is 94.4 Å². The van der Waals surface area contributed by atoms with E-state index in [9.17, 15) is 14.9 Å². The summed E-state index contributed by atoms with van der Waals surface area (Å²) in [5.41, 5.74) is 1.06. The van der Waals surface area contributed by atoms with E-state index < -0.39 is 10.8 Å². The third-order valence-corrected chi connectivity index (χ3v) is 4.02. The molecule has 1 aliphatic rings. The van der Waals surface area contributed by atoms with Gasteiger partial charge in [0.25, 0.3) is 11.6 Å². The number of nitro benzene ring substituents is 1. The van der Waals surface area contributed by atoms with E-state index >= 15 is 0 Å². The number of aromatic nitrogens is 1. The highest BCUT2D eigenvalue weighted by atomic mass is 32.1. The van der Waals surface area contributed by atoms with Crippen molar-refractivity contribution in [2.24, 2.45) is 0 Å². The first-order valence-corrected chi connectivity index (χ1v) is 7.07. The number of nitrogens with zero attached hydrogens (tertiary/aromatic N) is 2. The van der Waals surface area contributed by atoms with Crippen molar-refractivity contribution >= 4 is 28.1 Å². The van der Waals surface area contributed by atoms with Crippen LogP contribution in [-0.4, -0.2) is 22.4 Å². The monoisotopic (exact) mass is 305 g/mol. The molecule has 2 heterocycles. The van der Waals surface area contributed by atoms with Crippen molar-refractivity contribution < 1.29 is 14.5 Å². The third-order valence-electron chi connectivity index (χ3n) is 3.03. The summed E-state index contributed by atoms with van der Waals surface area (Å²) < 4.78 is 5.32. The zero-order valence-electron chi connectivity index (χ0n) is 10.9. The van der Waals surface area contributed by atoms with Gasteiger partial charge >= 0.3 is 0 Å². The second-order valence-electron chi connectivity index (χ2n) is 4.45. The van der Waals surface area contributed by atoms with E-state index in [0.717, 1.165) is 17.0 Å². The van der Waals surface area contributed by atoms with E-state index in [1.165, 1.54) is 35.6 Å². The molecule has 0 saturated carbocycles. The van der Waals surface area contributed by atoms with Crippen LogP contribution in [0.5, 0.6) is 0 Å². The van der Waals surface area contributed by atoms with Gasteiger partial charge in [-0.2, -0.15) is 0 Å². The number of anilines is 1. The lowest BCUT2D eigenvalue weighted by atomic mass is 10.2. The van der Waals surface area contributed by atoms with E-state index in [2.05, 4.69) is 10.3 Å². The Kier molecular flexibility index (Phi) is 3.63. The Morgan fingerprint density at radius 1 is 1.48 bits per heavy atom. The van der Waals surface area contributed by atoms with Crippen LogP contribution in [0.25, 0.3) is 0 Å². The van der Waals surface area contributed by atoms with Crippen molar-refractivity contribution in [1.82, 2.24) is 4.98 Å². The van der Waals surface area contributed by atoms with Crippen molar-refractivity contribution in [3.63, 3.8) is 0 Å². The number of hydrogen-bond acceptors (Lipinski definition) is 6. The molecule has 0 fully saturated rings. The van der Waals surface area contributed by atoms with Crippen LogP contribution in [0, 0.1) is 10.1 Å². The highest BCUT2D eigenvalue weighted by Crippen LogP contribution is 2.27. The normalized spacial score (nSPS) is 13.5. The van der Waals surface area contributed by atoms with Crippen LogP contribution in [0.2, 0.25) is 0 Å². The predicted octanol–water partition coefficient (Wildman–Crippen LogP) is 2.38. The number of nitro groups is 1. The molecule has 8 heteroatoms. The van der Waals surface area contributed by atoms with Crippen molar-refractivity contribution in [1.29, 1.82) is 0 Å². The van der Waals surface area contributed by atoms with E-state index in [1.54, 1.807) is 0 Å². The molecule has 0 radical (unpaired) electrons. The first-order chi connectivity index (χ1) is 10.1. The van der Waals surface area contributed by atoms with E-state index in [1.807, 2.05) is 0 Å². The summed E-state index contributed by atoms with van der Waals surface area (Å²) in [6, 6.07) is 5.59. The number of thiazole rings is 1. The van der Waals surface area contributed by atoms with Gasteiger partial charge in [-0.25, -0.2) is 4.98 Å². The molecule has 0 unspecified atom stereocenters. The number of benzene rings is 1. The minimum Gasteiger partial charge on any atom is -0.375 e. The predicted molar refractivity (Wildman–Crippen MR) is 76.5 cm³/mol. The van der Waals surface area contributed by atoms with Gasteiger partial charge in [-0.05, 0) is 6.07 Å². The summed E-state index contributed by atoms with van der Waals surface area (Å²) in [6.07, 6.45) is 0.735. The molecule has 0 aliphatic carbocycles. The van der Waals surface area contributed by atoms with Crippen molar-refractivity contribution in [2.45, 2.75) is 13.0 Å². The van der Waals surface area contributed by atoms with Crippen LogP contribution in [0.1, 0.15) is 20.9 Å². The second-order valence-corrected chi connectivity index (χ2v) is 5.54. The number of carbonyl (C=O) groups is 1. The molecule has 1 amide bonds. The van der Waals surface area contributed by atoms with Gasteiger partial charge in [0.2, 0.25) is 0 Å². The highest BCUT2D eigenvalue weighted by molar-refractivity contribution is 7.15. The summed E-state index contributed by atoms with van der Waals surface area (Å²) >= 11 is 1.37. The van der Waals surface area contributed by atoms with E-state index in [0.29, 0.717) is 18.3 Å². The van der Waals surface area contributed by atoms with Gasteiger partial charge in [0.15, 0.2) is 5.13 Å². The number of rotatable bonds is 3. The molecular weight excluding hydrogens is 294 g/mol. The summed E-state index contributed by atoms with van der Waals surface area (Å²) in [6.45, 7) is 1.15. The van der Waals surface area contributed by atoms with Crippen LogP contribution >= 0.6 is 11.3 Å². The molecule has 1 aromatic heterocycles.